The number of benzene rings is 2. The van der Waals surface area contributed by atoms with Crippen molar-refractivity contribution in [2.75, 3.05) is 6.61 Å². The Balaban J connectivity index is 1.88. The molecule has 1 heterocycles. The van der Waals surface area contributed by atoms with E-state index in [-0.39, 0.29) is 10.7 Å². The summed E-state index contributed by atoms with van der Waals surface area (Å²) in [6.45, 7) is 1.05. The van der Waals surface area contributed by atoms with Gasteiger partial charge in [-0.05, 0) is 36.2 Å². The summed E-state index contributed by atoms with van der Waals surface area (Å²) in [5.74, 6) is -0.741. The van der Waals surface area contributed by atoms with Crippen LogP contribution in [0.1, 0.15) is 17.5 Å². The first-order chi connectivity index (χ1) is 13.1. The number of amides is 1. The highest BCUT2D eigenvalue weighted by Gasteiger charge is 2.63. The van der Waals surface area contributed by atoms with Crippen LogP contribution in [0.2, 0.25) is 0 Å². The first-order valence-corrected chi connectivity index (χ1v) is 9.05. The summed E-state index contributed by atoms with van der Waals surface area (Å²) in [6, 6.07) is 13.2. The van der Waals surface area contributed by atoms with Crippen molar-refractivity contribution in [2.24, 2.45) is 5.10 Å². The van der Waals surface area contributed by atoms with Crippen molar-refractivity contribution in [3.8, 4) is 5.75 Å². The second kappa shape index (κ2) is 7.56. The van der Waals surface area contributed by atoms with E-state index in [0.717, 1.165) is 5.56 Å². The fourth-order valence-electron chi connectivity index (χ4n) is 2.78. The molecule has 1 aliphatic rings. The number of carbonyl (C=O) groups is 1. The highest BCUT2D eigenvalue weighted by Crippen LogP contribution is 2.41. The molecule has 0 fully saturated rings. The van der Waals surface area contributed by atoms with Gasteiger partial charge in [0.05, 0.1) is 12.1 Å². The predicted octanol–water partition coefficient (Wildman–Crippen LogP) is 4.02. The molecule has 9 heteroatoms. The Bertz CT molecular complexity index is 933. The number of aliphatic hydroxyl groups is 1. The van der Waals surface area contributed by atoms with Gasteiger partial charge in [0, 0.05) is 4.47 Å². The maximum absolute atomic E-state index is 13.6. The molecule has 0 radical (unpaired) electrons. The quantitative estimate of drug-likeness (QED) is 0.755. The number of hydrogen-bond acceptors (Lipinski definition) is 4. The molecule has 0 saturated carbocycles. The highest BCUT2D eigenvalue weighted by molar-refractivity contribution is 9.10. The average Bonchev–Trinajstić information content (AvgIpc) is 3.00. The number of carbonyl (C=O) groups excluding carboxylic acids is 1. The number of rotatable bonds is 4. The summed E-state index contributed by atoms with van der Waals surface area (Å²) in [6.07, 6.45) is -5.97. The number of alkyl halides is 3. The average molecular weight is 457 g/mol. The molecule has 0 aliphatic carbocycles. The maximum atomic E-state index is 13.6. The van der Waals surface area contributed by atoms with Gasteiger partial charge in [-0.1, -0.05) is 46.3 Å². The van der Waals surface area contributed by atoms with Gasteiger partial charge in [0.1, 0.15) is 5.75 Å². The standard InChI is InChI=1S/C19H16BrF3N2O3/c1-12-5-2-3-8-16(12)28-11-17(26)25-18(27,19(21,22)23)10-15(24-25)13-6-4-7-14(20)9-13/h2-9,27H,10-11H2,1H3/t18-/m1/s1. The molecule has 0 aromatic heterocycles. The monoisotopic (exact) mass is 456 g/mol. The topological polar surface area (TPSA) is 62.1 Å². The number of hydrogen-bond donors (Lipinski definition) is 1. The third kappa shape index (κ3) is 3.90. The molecular formula is C19H16BrF3N2O3. The van der Waals surface area contributed by atoms with E-state index in [4.69, 9.17) is 4.74 Å². The lowest BCUT2D eigenvalue weighted by molar-refractivity contribution is -0.302. The summed E-state index contributed by atoms with van der Waals surface area (Å²) in [7, 11) is 0. The summed E-state index contributed by atoms with van der Waals surface area (Å²) in [5.41, 5.74) is -2.39. The van der Waals surface area contributed by atoms with E-state index in [0.29, 0.717) is 15.8 Å². The Kier molecular flexibility index (Phi) is 5.49. The number of para-hydroxylation sites is 1. The Morgan fingerprint density at radius 3 is 2.64 bits per heavy atom. The van der Waals surface area contributed by atoms with Gasteiger partial charge in [-0.2, -0.15) is 23.3 Å². The number of ether oxygens (including phenoxy) is 1. The van der Waals surface area contributed by atoms with Crippen molar-refractivity contribution in [1.29, 1.82) is 0 Å². The van der Waals surface area contributed by atoms with Crippen LogP contribution >= 0.6 is 15.9 Å². The van der Waals surface area contributed by atoms with Crippen molar-refractivity contribution in [3.05, 3.63) is 64.1 Å². The minimum atomic E-state index is -5.09. The lowest BCUT2D eigenvalue weighted by Crippen LogP contribution is -2.57. The Hall–Kier alpha value is -2.39. The van der Waals surface area contributed by atoms with Crippen molar-refractivity contribution in [2.45, 2.75) is 25.2 Å². The molecule has 0 spiro atoms. The number of nitrogens with zero attached hydrogens (tertiary/aromatic N) is 2. The van der Waals surface area contributed by atoms with E-state index in [9.17, 15) is 23.1 Å². The van der Waals surface area contributed by atoms with Crippen LogP contribution in [0.15, 0.2) is 58.1 Å². The minimum absolute atomic E-state index is 0.0506. The first kappa shape index (κ1) is 20.3. The molecular weight excluding hydrogens is 441 g/mol. The fourth-order valence-corrected chi connectivity index (χ4v) is 3.18. The normalized spacial score (nSPS) is 19.5. The van der Waals surface area contributed by atoms with Gasteiger partial charge >= 0.3 is 6.18 Å². The molecule has 0 saturated heterocycles. The smallest absolute Gasteiger partial charge is 0.438 e. The van der Waals surface area contributed by atoms with Crippen molar-refractivity contribution in [3.63, 3.8) is 0 Å². The minimum Gasteiger partial charge on any atom is -0.483 e. The molecule has 1 aliphatic heterocycles. The number of halogens is 4. The first-order valence-electron chi connectivity index (χ1n) is 8.26. The van der Waals surface area contributed by atoms with Gasteiger partial charge in [-0.25, -0.2) is 0 Å². The van der Waals surface area contributed by atoms with Gasteiger partial charge in [0.15, 0.2) is 6.61 Å². The van der Waals surface area contributed by atoms with Crippen LogP contribution in [0.25, 0.3) is 0 Å². The third-order valence-electron chi connectivity index (χ3n) is 4.28. The molecule has 0 unspecified atom stereocenters. The summed E-state index contributed by atoms with van der Waals surface area (Å²) in [5, 5.41) is 14.2. The lowest BCUT2D eigenvalue weighted by Gasteiger charge is -2.32. The maximum Gasteiger partial charge on any atom is 0.438 e. The second-order valence-electron chi connectivity index (χ2n) is 6.31. The zero-order valence-corrected chi connectivity index (χ0v) is 16.3. The summed E-state index contributed by atoms with van der Waals surface area (Å²) < 4.78 is 46.7. The second-order valence-corrected chi connectivity index (χ2v) is 7.22. The van der Waals surface area contributed by atoms with E-state index < -0.39 is 30.8 Å². The van der Waals surface area contributed by atoms with Crippen LogP contribution in [0.5, 0.6) is 5.75 Å². The van der Waals surface area contributed by atoms with Crippen LogP contribution in [0, 0.1) is 6.92 Å². The van der Waals surface area contributed by atoms with Gasteiger partial charge in [0.25, 0.3) is 11.6 Å². The number of aryl methyl sites for hydroxylation is 1. The fraction of sp³-hybridized carbons (Fsp3) is 0.263. The zero-order valence-electron chi connectivity index (χ0n) is 14.7. The van der Waals surface area contributed by atoms with E-state index in [1.54, 1.807) is 55.5 Å². The van der Waals surface area contributed by atoms with E-state index in [1.807, 2.05) is 0 Å². The van der Waals surface area contributed by atoms with Crippen LogP contribution in [-0.2, 0) is 4.79 Å². The van der Waals surface area contributed by atoms with E-state index in [2.05, 4.69) is 21.0 Å². The Morgan fingerprint density at radius 1 is 1.29 bits per heavy atom. The van der Waals surface area contributed by atoms with Gasteiger partial charge in [0.2, 0.25) is 0 Å². The van der Waals surface area contributed by atoms with E-state index in [1.165, 1.54) is 0 Å². The zero-order chi connectivity index (χ0) is 20.5. The Morgan fingerprint density at radius 2 is 2.00 bits per heavy atom. The molecule has 1 N–H and O–H groups in total. The van der Waals surface area contributed by atoms with E-state index >= 15 is 0 Å². The summed E-state index contributed by atoms with van der Waals surface area (Å²) >= 11 is 3.24. The molecule has 2 aromatic carbocycles. The number of hydrazone groups is 1. The molecule has 5 nitrogen and oxygen atoms in total. The predicted molar refractivity (Wildman–Crippen MR) is 99.8 cm³/mol. The van der Waals surface area contributed by atoms with Crippen LogP contribution < -0.4 is 4.74 Å². The van der Waals surface area contributed by atoms with Gasteiger partial charge < -0.3 is 9.84 Å². The Labute approximate surface area is 167 Å². The molecule has 1 amide bonds. The molecule has 1 atom stereocenters. The van der Waals surface area contributed by atoms with Gasteiger partial charge in [-0.15, -0.1) is 0 Å². The van der Waals surface area contributed by atoms with Crippen LogP contribution in [-0.4, -0.2) is 40.2 Å². The van der Waals surface area contributed by atoms with Crippen molar-refractivity contribution >= 4 is 27.5 Å². The molecule has 0 bridgehead atoms. The largest absolute Gasteiger partial charge is 0.483 e. The lowest BCUT2D eigenvalue weighted by atomic mass is 10.0. The van der Waals surface area contributed by atoms with Crippen LogP contribution in [0.4, 0.5) is 13.2 Å². The third-order valence-corrected chi connectivity index (χ3v) is 4.77. The highest BCUT2D eigenvalue weighted by atomic mass is 79.9. The molecule has 2 aromatic rings. The SMILES string of the molecule is Cc1ccccc1OCC(=O)N1N=C(c2cccc(Br)c2)C[C@@]1(O)C(F)(F)F. The summed E-state index contributed by atoms with van der Waals surface area (Å²) in [4.78, 5) is 12.5. The molecule has 3 rings (SSSR count). The van der Waals surface area contributed by atoms with Gasteiger partial charge in [-0.3, -0.25) is 4.79 Å². The molecule has 28 heavy (non-hydrogen) atoms. The van der Waals surface area contributed by atoms with Crippen molar-refractivity contribution in [1.82, 2.24) is 5.01 Å². The van der Waals surface area contributed by atoms with Crippen molar-refractivity contribution < 1.29 is 27.8 Å². The molecule has 148 valence electrons. The van der Waals surface area contributed by atoms with Crippen LogP contribution in [0.3, 0.4) is 0 Å².